The van der Waals surface area contributed by atoms with Crippen LogP contribution in [0.3, 0.4) is 0 Å². The maximum atomic E-state index is 6.32. The molecule has 1 aromatic rings. The van der Waals surface area contributed by atoms with Gasteiger partial charge in [-0.2, -0.15) is 0 Å². The minimum atomic E-state index is -0.698. The monoisotopic (exact) mass is 371 g/mol. The highest BCUT2D eigenvalue weighted by Gasteiger charge is 2.12. The molecular formula is C15H24Cl3P2+. The Labute approximate surface area is 140 Å². The first kappa shape index (κ1) is 19.0. The molecule has 0 aliphatic rings. The van der Waals surface area contributed by atoms with Crippen LogP contribution in [0.4, 0.5) is 0 Å². The molecule has 0 aromatic heterocycles. The van der Waals surface area contributed by atoms with E-state index >= 15 is 0 Å². The number of unbranched alkanes of at least 4 members (excludes halogenated alkanes) is 3. The van der Waals surface area contributed by atoms with Gasteiger partial charge in [-0.1, -0.05) is 53.9 Å². The molecule has 0 saturated heterocycles. The normalized spacial score (nSPS) is 14.2. The van der Waals surface area contributed by atoms with E-state index in [9.17, 15) is 0 Å². The summed E-state index contributed by atoms with van der Waals surface area (Å²) in [5.41, 5.74) is 2.79. The third kappa shape index (κ3) is 9.81. The zero-order valence-electron chi connectivity index (χ0n) is 12.0. The molecular weight excluding hydrogens is 348 g/mol. The van der Waals surface area contributed by atoms with Crippen molar-refractivity contribution in [1.29, 1.82) is 0 Å². The van der Waals surface area contributed by atoms with Crippen LogP contribution in [0.25, 0.3) is 0 Å². The van der Waals surface area contributed by atoms with E-state index in [1.807, 2.05) is 0 Å². The molecule has 0 nitrogen and oxygen atoms in total. The molecule has 0 N–H and O–H groups in total. The van der Waals surface area contributed by atoms with Crippen LogP contribution >= 0.6 is 36.4 Å². The van der Waals surface area contributed by atoms with E-state index in [1.165, 1.54) is 43.2 Å². The second-order valence-corrected chi connectivity index (χ2v) is 12.6. The molecule has 0 radical (unpaired) electrons. The quantitative estimate of drug-likeness (QED) is 0.322. The van der Waals surface area contributed by atoms with Gasteiger partial charge in [-0.15, -0.1) is 0 Å². The largest absolute Gasteiger partial charge is 0.296 e. The van der Waals surface area contributed by atoms with Gasteiger partial charge in [0, 0.05) is 6.16 Å². The van der Waals surface area contributed by atoms with Gasteiger partial charge in [-0.25, -0.2) is 0 Å². The first-order chi connectivity index (χ1) is 9.58. The van der Waals surface area contributed by atoms with E-state index in [1.54, 1.807) is 0 Å². The molecule has 0 saturated carbocycles. The van der Waals surface area contributed by atoms with E-state index in [2.05, 4.69) is 31.2 Å². The summed E-state index contributed by atoms with van der Waals surface area (Å²) in [6, 6.07) is 8.88. The van der Waals surface area contributed by atoms with Gasteiger partial charge >= 0.3 is 0 Å². The van der Waals surface area contributed by atoms with Crippen molar-refractivity contribution in [2.45, 2.75) is 39.0 Å². The summed E-state index contributed by atoms with van der Waals surface area (Å²) >= 11 is 17.1. The number of hydrogen-bond acceptors (Lipinski definition) is 0. The molecule has 0 heterocycles. The van der Waals surface area contributed by atoms with Crippen LogP contribution < -0.4 is 0 Å². The van der Waals surface area contributed by atoms with Crippen LogP contribution in [0.1, 0.15) is 36.8 Å². The number of benzene rings is 1. The molecule has 1 aromatic carbocycles. The number of rotatable bonds is 10. The lowest BCUT2D eigenvalue weighted by atomic mass is 10.1. The summed E-state index contributed by atoms with van der Waals surface area (Å²) in [5, 5.41) is 0. The van der Waals surface area contributed by atoms with Crippen molar-refractivity contribution in [2.75, 3.05) is 18.5 Å². The van der Waals surface area contributed by atoms with Crippen molar-refractivity contribution in [3.05, 3.63) is 35.4 Å². The highest BCUT2D eigenvalue weighted by Crippen LogP contribution is 2.47. The maximum absolute atomic E-state index is 6.32. The number of hydrogen-bond donors (Lipinski definition) is 0. The van der Waals surface area contributed by atoms with Gasteiger partial charge in [0.25, 0.3) is 6.63 Å². The van der Waals surface area contributed by atoms with Crippen LogP contribution in [-0.2, 0) is 6.42 Å². The molecule has 0 fully saturated rings. The first-order valence-electron chi connectivity index (χ1n) is 7.14. The fourth-order valence-corrected chi connectivity index (χ4v) is 6.76. The van der Waals surface area contributed by atoms with E-state index < -0.39 is 6.63 Å². The first-order valence-corrected chi connectivity index (χ1v) is 13.2. The summed E-state index contributed by atoms with van der Waals surface area (Å²) in [4.78, 5) is 0. The predicted octanol–water partition coefficient (Wildman–Crippen LogP) is 6.57. The van der Waals surface area contributed by atoms with Crippen LogP contribution in [-0.4, -0.2) is 18.5 Å². The number of aryl methyl sites for hydroxylation is 2. The second-order valence-electron chi connectivity index (χ2n) is 5.10. The van der Waals surface area contributed by atoms with E-state index in [0.29, 0.717) is 0 Å². The standard InChI is InChI=1S/C15H24Cl3P2/c1-14-7-9-15(10-8-14)6-4-2-3-5-11-19(16)12-13-20(17)18/h7-10,17H,2-6,11-13H2,1H3/q+1. The Morgan fingerprint density at radius 1 is 0.900 bits per heavy atom. The summed E-state index contributed by atoms with van der Waals surface area (Å²) in [6.07, 6.45) is 9.47. The van der Waals surface area contributed by atoms with Gasteiger partial charge in [-0.3, -0.25) is 0 Å². The van der Waals surface area contributed by atoms with Crippen molar-refractivity contribution in [3.8, 4) is 0 Å². The summed E-state index contributed by atoms with van der Waals surface area (Å²) in [6.45, 7) is 1.43. The van der Waals surface area contributed by atoms with Crippen LogP contribution in [0.2, 0.25) is 0 Å². The predicted molar refractivity (Wildman–Crippen MR) is 94.9 cm³/mol. The second kappa shape index (κ2) is 11.5. The van der Waals surface area contributed by atoms with Crippen molar-refractivity contribution >= 4 is 36.4 Å². The van der Waals surface area contributed by atoms with Gasteiger partial charge in [-0.05, 0) is 62.6 Å². The minimum absolute atomic E-state index is 0.344. The molecule has 1 rings (SSSR count). The fourth-order valence-electron chi connectivity index (χ4n) is 2.02. The van der Waals surface area contributed by atoms with Crippen LogP contribution in [0, 0.1) is 18.2 Å². The SMILES string of the molecule is Cc1ccc(CCCCCCP(Cl)CCP(Cl)[ClH+])cc1. The molecule has 0 amide bonds. The summed E-state index contributed by atoms with van der Waals surface area (Å²) in [7, 11) is -0.344. The van der Waals surface area contributed by atoms with E-state index in [4.69, 9.17) is 33.7 Å². The lowest BCUT2D eigenvalue weighted by molar-refractivity contribution is -0.153. The Morgan fingerprint density at radius 3 is 2.20 bits per heavy atom. The van der Waals surface area contributed by atoms with Crippen molar-refractivity contribution in [3.63, 3.8) is 0 Å². The smallest absolute Gasteiger partial charge is 0.0964 e. The molecule has 0 aliphatic heterocycles. The van der Waals surface area contributed by atoms with Crippen molar-refractivity contribution < 1.29 is 11.2 Å². The van der Waals surface area contributed by atoms with E-state index in [0.717, 1.165) is 18.5 Å². The Balaban J connectivity index is 1.98. The highest BCUT2D eigenvalue weighted by molar-refractivity contribution is 7.85. The molecule has 2 atom stereocenters. The van der Waals surface area contributed by atoms with Crippen molar-refractivity contribution in [1.82, 2.24) is 0 Å². The van der Waals surface area contributed by atoms with Gasteiger partial charge in [0.15, 0.2) is 0 Å². The Kier molecular flexibility index (Phi) is 10.9. The van der Waals surface area contributed by atoms with Crippen LogP contribution in [0.15, 0.2) is 24.3 Å². The molecule has 20 heavy (non-hydrogen) atoms. The molecule has 114 valence electrons. The summed E-state index contributed by atoms with van der Waals surface area (Å²) < 4.78 is 0. The summed E-state index contributed by atoms with van der Waals surface area (Å²) in [5.74, 6) is 0. The van der Waals surface area contributed by atoms with Crippen molar-refractivity contribution in [2.24, 2.45) is 0 Å². The lowest BCUT2D eigenvalue weighted by Gasteiger charge is -2.08. The minimum Gasteiger partial charge on any atom is -0.0964 e. The van der Waals surface area contributed by atoms with Gasteiger partial charge in [0.05, 0.1) is 0 Å². The third-order valence-corrected chi connectivity index (χ3v) is 7.76. The average molecular weight is 373 g/mol. The molecule has 0 aliphatic carbocycles. The molecule has 0 bridgehead atoms. The topological polar surface area (TPSA) is 0 Å². The Bertz CT molecular complexity index is 355. The highest BCUT2D eigenvalue weighted by atomic mass is 35.9. The Hall–Kier alpha value is 0.950. The Morgan fingerprint density at radius 2 is 1.55 bits per heavy atom. The van der Waals surface area contributed by atoms with Gasteiger partial charge in [0.2, 0.25) is 0 Å². The van der Waals surface area contributed by atoms with E-state index in [-0.39, 0.29) is 7.27 Å². The molecule has 2 unspecified atom stereocenters. The number of halogens is 3. The van der Waals surface area contributed by atoms with Crippen LogP contribution in [0.5, 0.6) is 0 Å². The van der Waals surface area contributed by atoms with Gasteiger partial charge in [0.1, 0.15) is 11.2 Å². The zero-order valence-corrected chi connectivity index (χ0v) is 16.1. The average Bonchev–Trinajstić information content (AvgIpc) is 2.42. The zero-order chi connectivity index (χ0) is 14.8. The lowest BCUT2D eigenvalue weighted by Crippen LogP contribution is -1.90. The maximum Gasteiger partial charge on any atom is 0.296 e. The molecule has 5 heteroatoms. The van der Waals surface area contributed by atoms with Gasteiger partial charge < -0.3 is 0 Å². The third-order valence-electron chi connectivity index (χ3n) is 3.26. The fraction of sp³-hybridized carbons (Fsp3) is 0.600. The molecule has 0 spiro atoms.